The summed E-state index contributed by atoms with van der Waals surface area (Å²) in [5.74, 6) is -3.73. The molecule has 3 nitrogen and oxygen atoms in total. The molecule has 0 fully saturated rings. The molecule has 0 bridgehead atoms. The number of hydrogen-bond donors (Lipinski definition) is 2. The van der Waals surface area contributed by atoms with Crippen LogP contribution >= 0.6 is 0 Å². The van der Waals surface area contributed by atoms with Crippen LogP contribution in [0, 0.1) is 17.5 Å². The molecule has 2 N–H and O–H groups in total. The first kappa shape index (κ1) is 13.3. The fourth-order valence-electron chi connectivity index (χ4n) is 1.26. The van der Waals surface area contributed by atoms with E-state index in [0.717, 1.165) is 0 Å². The number of anilines is 1. The Kier molecular flexibility index (Phi) is 4.37. The molecule has 17 heavy (non-hydrogen) atoms. The van der Waals surface area contributed by atoms with E-state index < -0.39 is 23.5 Å². The third-order valence-corrected chi connectivity index (χ3v) is 2.13. The standard InChI is InChI=1S/C11H13F3N2O/c1-3-15-11(17)6(2)16-10-5-8(13)7(12)4-9(10)14/h4-6,16H,3H2,1-2H3,(H,15,17). The van der Waals surface area contributed by atoms with Gasteiger partial charge in [-0.2, -0.15) is 0 Å². The van der Waals surface area contributed by atoms with Gasteiger partial charge in [-0.3, -0.25) is 4.79 Å². The minimum Gasteiger partial charge on any atom is -0.371 e. The van der Waals surface area contributed by atoms with E-state index in [9.17, 15) is 18.0 Å². The zero-order valence-electron chi connectivity index (χ0n) is 9.48. The summed E-state index contributed by atoms with van der Waals surface area (Å²) in [6.07, 6.45) is 0. The lowest BCUT2D eigenvalue weighted by atomic mass is 10.2. The van der Waals surface area contributed by atoms with Gasteiger partial charge in [0.1, 0.15) is 11.9 Å². The number of nitrogens with one attached hydrogen (secondary N) is 2. The molecule has 0 aromatic heterocycles. The summed E-state index contributed by atoms with van der Waals surface area (Å²) >= 11 is 0. The highest BCUT2D eigenvalue weighted by Gasteiger charge is 2.15. The van der Waals surface area contributed by atoms with Crippen molar-refractivity contribution in [2.24, 2.45) is 0 Å². The molecule has 0 aliphatic carbocycles. The van der Waals surface area contributed by atoms with Crippen molar-refractivity contribution in [1.29, 1.82) is 0 Å². The summed E-state index contributed by atoms with van der Waals surface area (Å²) in [4.78, 5) is 11.3. The summed E-state index contributed by atoms with van der Waals surface area (Å²) in [6, 6.07) is 0.372. The minimum absolute atomic E-state index is 0.248. The Morgan fingerprint density at radius 2 is 1.82 bits per heavy atom. The van der Waals surface area contributed by atoms with Gasteiger partial charge >= 0.3 is 0 Å². The summed E-state index contributed by atoms with van der Waals surface area (Å²) in [5, 5.41) is 4.99. The molecule has 1 amide bonds. The van der Waals surface area contributed by atoms with Crippen molar-refractivity contribution < 1.29 is 18.0 Å². The number of likely N-dealkylation sites (N-methyl/N-ethyl adjacent to an activating group) is 1. The fraction of sp³-hybridized carbons (Fsp3) is 0.364. The molecule has 0 saturated carbocycles. The van der Waals surface area contributed by atoms with Crippen LogP contribution in [0.1, 0.15) is 13.8 Å². The van der Waals surface area contributed by atoms with Crippen molar-refractivity contribution in [2.45, 2.75) is 19.9 Å². The molecule has 0 saturated heterocycles. The van der Waals surface area contributed by atoms with Crippen LogP contribution in [-0.2, 0) is 4.79 Å². The van der Waals surface area contributed by atoms with Gasteiger partial charge in [-0.25, -0.2) is 13.2 Å². The molecule has 0 spiro atoms. The van der Waals surface area contributed by atoms with Crippen molar-refractivity contribution >= 4 is 11.6 Å². The van der Waals surface area contributed by atoms with Gasteiger partial charge in [-0.1, -0.05) is 0 Å². The summed E-state index contributed by atoms with van der Waals surface area (Å²) < 4.78 is 38.8. The number of rotatable bonds is 4. The van der Waals surface area contributed by atoms with Crippen molar-refractivity contribution in [2.75, 3.05) is 11.9 Å². The number of amides is 1. The number of carbonyl (C=O) groups excluding carboxylic acids is 1. The van der Waals surface area contributed by atoms with Gasteiger partial charge < -0.3 is 10.6 Å². The molecule has 0 aliphatic heterocycles. The second-order valence-electron chi connectivity index (χ2n) is 3.51. The van der Waals surface area contributed by atoms with E-state index in [2.05, 4.69) is 10.6 Å². The molecule has 6 heteroatoms. The van der Waals surface area contributed by atoms with E-state index in [4.69, 9.17) is 0 Å². The van der Waals surface area contributed by atoms with Gasteiger partial charge in [0.15, 0.2) is 11.6 Å². The Bertz CT molecular complexity index is 423. The molecule has 94 valence electrons. The molecule has 1 unspecified atom stereocenters. The Labute approximate surface area is 97.0 Å². The van der Waals surface area contributed by atoms with Crippen molar-refractivity contribution in [3.8, 4) is 0 Å². The summed E-state index contributed by atoms with van der Waals surface area (Å²) in [6.45, 7) is 3.67. The van der Waals surface area contributed by atoms with E-state index in [1.165, 1.54) is 6.92 Å². The van der Waals surface area contributed by atoms with Gasteiger partial charge in [-0.05, 0) is 13.8 Å². The lowest BCUT2D eigenvalue weighted by Crippen LogP contribution is -2.37. The molecule has 1 aromatic carbocycles. The van der Waals surface area contributed by atoms with Gasteiger partial charge in [0.2, 0.25) is 5.91 Å². The third kappa shape index (κ3) is 3.37. The largest absolute Gasteiger partial charge is 0.371 e. The van der Waals surface area contributed by atoms with Crippen molar-refractivity contribution in [3.05, 3.63) is 29.6 Å². The Morgan fingerprint density at radius 1 is 1.24 bits per heavy atom. The van der Waals surface area contributed by atoms with E-state index in [1.807, 2.05) is 0 Å². The van der Waals surface area contributed by atoms with Crippen LogP contribution in [0.2, 0.25) is 0 Å². The van der Waals surface area contributed by atoms with Crippen molar-refractivity contribution in [1.82, 2.24) is 5.32 Å². The minimum atomic E-state index is -1.27. The summed E-state index contributed by atoms with van der Waals surface area (Å²) in [7, 11) is 0. The second-order valence-corrected chi connectivity index (χ2v) is 3.51. The SMILES string of the molecule is CCNC(=O)C(C)Nc1cc(F)c(F)cc1F. The first-order valence-electron chi connectivity index (χ1n) is 5.14. The van der Waals surface area contributed by atoms with Gasteiger partial charge in [0.25, 0.3) is 0 Å². The number of carbonyl (C=O) groups is 1. The van der Waals surface area contributed by atoms with Gasteiger partial charge in [0, 0.05) is 18.7 Å². The van der Waals surface area contributed by atoms with Crippen LogP contribution < -0.4 is 10.6 Å². The van der Waals surface area contributed by atoms with Gasteiger partial charge in [-0.15, -0.1) is 0 Å². The Balaban J connectivity index is 2.81. The predicted molar refractivity (Wildman–Crippen MR) is 58.1 cm³/mol. The first-order valence-corrected chi connectivity index (χ1v) is 5.14. The molecule has 0 radical (unpaired) electrons. The van der Waals surface area contributed by atoms with Crippen LogP contribution in [0.4, 0.5) is 18.9 Å². The average molecular weight is 246 g/mol. The normalized spacial score (nSPS) is 12.1. The maximum Gasteiger partial charge on any atom is 0.242 e. The molecule has 0 aliphatic rings. The second kappa shape index (κ2) is 5.56. The summed E-state index contributed by atoms with van der Waals surface area (Å²) in [5.41, 5.74) is -0.248. The molecule has 1 aromatic rings. The highest BCUT2D eigenvalue weighted by molar-refractivity contribution is 5.84. The topological polar surface area (TPSA) is 41.1 Å². The fourth-order valence-corrected chi connectivity index (χ4v) is 1.26. The van der Waals surface area contributed by atoms with E-state index in [0.29, 0.717) is 18.7 Å². The predicted octanol–water partition coefficient (Wildman–Crippen LogP) is 2.04. The van der Waals surface area contributed by atoms with Crippen LogP contribution in [-0.4, -0.2) is 18.5 Å². The molecular formula is C11H13F3N2O. The lowest BCUT2D eigenvalue weighted by Gasteiger charge is -2.15. The molecular weight excluding hydrogens is 233 g/mol. The quantitative estimate of drug-likeness (QED) is 0.798. The average Bonchev–Trinajstić information content (AvgIpc) is 2.26. The van der Waals surface area contributed by atoms with Crippen molar-refractivity contribution in [3.63, 3.8) is 0 Å². The molecule has 1 rings (SSSR count). The zero-order valence-corrected chi connectivity index (χ0v) is 9.48. The van der Waals surface area contributed by atoms with Gasteiger partial charge in [0.05, 0.1) is 5.69 Å². The smallest absolute Gasteiger partial charge is 0.242 e. The van der Waals surface area contributed by atoms with Crippen LogP contribution in [0.5, 0.6) is 0 Å². The highest BCUT2D eigenvalue weighted by Crippen LogP contribution is 2.19. The highest BCUT2D eigenvalue weighted by atomic mass is 19.2. The third-order valence-electron chi connectivity index (χ3n) is 2.13. The Hall–Kier alpha value is -1.72. The number of halogens is 3. The molecule has 0 heterocycles. The number of benzene rings is 1. The van der Waals surface area contributed by atoms with E-state index >= 15 is 0 Å². The lowest BCUT2D eigenvalue weighted by molar-refractivity contribution is -0.121. The zero-order chi connectivity index (χ0) is 13.0. The monoisotopic (exact) mass is 246 g/mol. The van der Waals surface area contributed by atoms with Crippen LogP contribution in [0.15, 0.2) is 12.1 Å². The van der Waals surface area contributed by atoms with E-state index in [-0.39, 0.29) is 11.6 Å². The first-order chi connectivity index (χ1) is 7.95. The Morgan fingerprint density at radius 3 is 2.41 bits per heavy atom. The maximum atomic E-state index is 13.2. The van der Waals surface area contributed by atoms with Crippen LogP contribution in [0.25, 0.3) is 0 Å². The molecule has 1 atom stereocenters. The van der Waals surface area contributed by atoms with Crippen LogP contribution in [0.3, 0.4) is 0 Å². The number of hydrogen-bond acceptors (Lipinski definition) is 2. The van der Waals surface area contributed by atoms with E-state index in [1.54, 1.807) is 6.92 Å². The maximum absolute atomic E-state index is 13.2.